The van der Waals surface area contributed by atoms with Crippen molar-refractivity contribution < 1.29 is 43.3 Å². The van der Waals surface area contributed by atoms with E-state index in [-0.39, 0.29) is 40.7 Å². The third-order valence-corrected chi connectivity index (χ3v) is 6.32. The normalized spacial score (nSPS) is 15.5. The van der Waals surface area contributed by atoms with Gasteiger partial charge in [-0.1, -0.05) is 64.8 Å². The lowest BCUT2D eigenvalue weighted by Crippen LogP contribution is -2.53. The first kappa shape index (κ1) is 32.8. The Morgan fingerprint density at radius 1 is 0.976 bits per heavy atom. The Bertz CT molecular complexity index is 1290. The van der Waals surface area contributed by atoms with Gasteiger partial charge in [0.15, 0.2) is 5.54 Å². The number of carbonyl (C=O) groups excluding carboxylic acids is 4. The summed E-state index contributed by atoms with van der Waals surface area (Å²) >= 11 is 0. The molecule has 0 fully saturated rings. The Labute approximate surface area is 239 Å². The van der Waals surface area contributed by atoms with E-state index in [1.54, 1.807) is 18.2 Å². The molecule has 3 rings (SSSR count). The summed E-state index contributed by atoms with van der Waals surface area (Å²) in [5.41, 5.74) is 5.00. The van der Waals surface area contributed by atoms with Gasteiger partial charge in [-0.15, -0.1) is 0 Å². The number of ether oxygens (including phenoxy) is 3. The molecule has 11 heteroatoms. The number of nitrogen functional groups attached to an aromatic ring is 1. The fraction of sp³-hybridized carbons (Fsp3) is 0.433. The van der Waals surface area contributed by atoms with Crippen LogP contribution in [-0.2, 0) is 19.8 Å². The Balaban J connectivity index is 0.000000642. The van der Waals surface area contributed by atoms with Crippen molar-refractivity contribution in [3.8, 4) is 5.75 Å². The molecule has 4 N–H and O–H groups in total. The molecule has 0 saturated heterocycles. The second-order valence-corrected chi connectivity index (χ2v) is 9.79. The van der Waals surface area contributed by atoms with Crippen molar-refractivity contribution in [1.82, 2.24) is 5.32 Å². The third-order valence-electron chi connectivity index (χ3n) is 6.32. The second kappa shape index (κ2) is 14.8. The van der Waals surface area contributed by atoms with E-state index in [1.165, 1.54) is 25.1 Å². The van der Waals surface area contributed by atoms with E-state index >= 15 is 0 Å². The summed E-state index contributed by atoms with van der Waals surface area (Å²) in [6.45, 7) is 9.53. The first-order valence-electron chi connectivity index (χ1n) is 13.5. The van der Waals surface area contributed by atoms with Crippen LogP contribution in [0.2, 0.25) is 0 Å². The van der Waals surface area contributed by atoms with E-state index in [4.69, 9.17) is 20.3 Å². The van der Waals surface area contributed by atoms with Gasteiger partial charge in [0.05, 0.1) is 18.8 Å². The van der Waals surface area contributed by atoms with Gasteiger partial charge >= 0.3 is 12.3 Å². The number of amides is 1. The van der Waals surface area contributed by atoms with Gasteiger partial charge in [-0.05, 0) is 36.5 Å². The summed E-state index contributed by atoms with van der Waals surface area (Å²) in [5.74, 6) is -1.90. The molecule has 1 aliphatic rings. The zero-order valence-corrected chi connectivity index (χ0v) is 24.1. The summed E-state index contributed by atoms with van der Waals surface area (Å²) < 4.78 is 14.8. The lowest BCUT2D eigenvalue weighted by atomic mass is 9.82. The van der Waals surface area contributed by atoms with Crippen molar-refractivity contribution in [2.75, 3.05) is 18.9 Å². The van der Waals surface area contributed by atoms with Crippen LogP contribution in [-0.4, -0.2) is 48.1 Å². The van der Waals surface area contributed by atoms with Crippen molar-refractivity contribution in [3.05, 3.63) is 58.7 Å². The molecular weight excluding hydrogens is 532 g/mol. The smallest absolute Gasteiger partial charge is 0.450 e. The predicted octanol–water partition coefficient (Wildman–Crippen LogP) is 5.60. The maximum atomic E-state index is 13.7. The van der Waals surface area contributed by atoms with Crippen LogP contribution in [0.3, 0.4) is 0 Å². The van der Waals surface area contributed by atoms with Crippen LogP contribution in [0.15, 0.2) is 36.4 Å². The molecule has 0 aromatic heterocycles. The molecule has 0 aliphatic heterocycles. The van der Waals surface area contributed by atoms with E-state index in [2.05, 4.69) is 10.1 Å². The lowest BCUT2D eigenvalue weighted by molar-refractivity contribution is -0.120. The summed E-state index contributed by atoms with van der Waals surface area (Å²) in [6, 6.07) is 9.39. The number of hydrogen-bond acceptors (Lipinski definition) is 9. The summed E-state index contributed by atoms with van der Waals surface area (Å²) in [6.07, 6.45) is 1.13. The monoisotopic (exact) mass is 570 g/mol. The average Bonchev–Trinajstić information content (AvgIpc) is 3.12. The highest BCUT2D eigenvalue weighted by Crippen LogP contribution is 2.44. The summed E-state index contributed by atoms with van der Waals surface area (Å²) in [7, 11) is 0. The van der Waals surface area contributed by atoms with Crippen LogP contribution in [0.1, 0.15) is 98.1 Å². The number of rotatable bonds is 10. The highest BCUT2D eigenvalue weighted by molar-refractivity contribution is 6.35. The molecule has 0 saturated carbocycles. The molecule has 1 atom stereocenters. The van der Waals surface area contributed by atoms with Gasteiger partial charge in [-0.3, -0.25) is 14.4 Å². The Morgan fingerprint density at radius 2 is 1.61 bits per heavy atom. The molecule has 2 aromatic carbocycles. The standard InChI is InChI=1S/C25H28N2O6.C5H10O3/c1-5-6-12-32-24(31)33-20-13-16(14(2)3)10-11-18(20)25(27-15(4)28)22(29)17-8-7-9-19(26)21(17)23(25)30;1-2-3-4-8-5(6)7/h7-11,13-14H,5-6,12,26H2,1-4H3,(H,27,28);2-4H2,1H3,(H,6,7). The SMILES string of the molecule is CCCCOC(=O)O.CCCCOC(=O)Oc1cc(C(C)C)ccc1C1(NC(C)=O)C(=O)c2cccc(N)c2C1=O. The van der Waals surface area contributed by atoms with Crippen molar-refractivity contribution >= 4 is 35.5 Å². The number of nitrogens with one attached hydrogen (secondary N) is 1. The number of ketones is 2. The van der Waals surface area contributed by atoms with Crippen LogP contribution in [0.25, 0.3) is 0 Å². The number of benzene rings is 2. The molecule has 1 amide bonds. The lowest BCUT2D eigenvalue weighted by Gasteiger charge is -2.29. The van der Waals surface area contributed by atoms with Gasteiger partial charge in [0.1, 0.15) is 5.75 Å². The van der Waals surface area contributed by atoms with E-state index in [0.29, 0.717) is 13.0 Å². The van der Waals surface area contributed by atoms with Crippen LogP contribution in [0, 0.1) is 0 Å². The molecule has 41 heavy (non-hydrogen) atoms. The van der Waals surface area contributed by atoms with Crippen molar-refractivity contribution in [2.24, 2.45) is 0 Å². The fourth-order valence-electron chi connectivity index (χ4n) is 4.21. The number of nitrogens with two attached hydrogens (primary N) is 1. The minimum Gasteiger partial charge on any atom is -0.450 e. The Hall–Kier alpha value is -4.41. The number of hydrogen-bond donors (Lipinski definition) is 3. The number of fused-ring (bicyclic) bond motifs is 1. The van der Waals surface area contributed by atoms with Crippen molar-refractivity contribution in [2.45, 2.75) is 71.8 Å². The zero-order valence-electron chi connectivity index (χ0n) is 24.1. The van der Waals surface area contributed by atoms with E-state index in [1.807, 2.05) is 27.7 Å². The molecule has 0 spiro atoms. The third kappa shape index (κ3) is 7.84. The van der Waals surface area contributed by atoms with E-state index in [9.17, 15) is 24.0 Å². The van der Waals surface area contributed by atoms with Crippen LogP contribution >= 0.6 is 0 Å². The topological polar surface area (TPSA) is 171 Å². The minimum absolute atomic E-state index is 0.0284. The molecule has 11 nitrogen and oxygen atoms in total. The Morgan fingerprint density at radius 3 is 2.15 bits per heavy atom. The van der Waals surface area contributed by atoms with Gasteiger partial charge < -0.3 is 30.4 Å². The van der Waals surface area contributed by atoms with Crippen LogP contribution < -0.4 is 15.8 Å². The minimum atomic E-state index is -2.11. The predicted molar refractivity (Wildman–Crippen MR) is 151 cm³/mol. The average molecular weight is 571 g/mol. The van der Waals surface area contributed by atoms with Crippen LogP contribution in [0.4, 0.5) is 15.3 Å². The maximum Gasteiger partial charge on any atom is 0.513 e. The largest absolute Gasteiger partial charge is 0.513 e. The number of Topliss-reactive ketones (excluding diaryl/α,β-unsaturated/α-hetero) is 2. The fourth-order valence-corrected chi connectivity index (χ4v) is 4.21. The molecule has 1 aliphatic carbocycles. The van der Waals surface area contributed by atoms with Gasteiger partial charge in [-0.2, -0.15) is 0 Å². The van der Waals surface area contributed by atoms with Gasteiger partial charge in [0.2, 0.25) is 17.5 Å². The van der Waals surface area contributed by atoms with E-state index in [0.717, 1.165) is 24.8 Å². The number of carboxylic acid groups (broad SMARTS) is 1. The maximum absolute atomic E-state index is 13.7. The number of anilines is 1. The van der Waals surface area contributed by atoms with E-state index < -0.39 is 35.3 Å². The van der Waals surface area contributed by atoms with Gasteiger partial charge in [-0.25, -0.2) is 9.59 Å². The second-order valence-electron chi connectivity index (χ2n) is 9.79. The summed E-state index contributed by atoms with van der Waals surface area (Å²) in [5, 5.41) is 10.5. The van der Waals surface area contributed by atoms with Gasteiger partial charge in [0.25, 0.3) is 0 Å². The van der Waals surface area contributed by atoms with Crippen molar-refractivity contribution in [3.63, 3.8) is 0 Å². The molecule has 0 bridgehead atoms. The highest BCUT2D eigenvalue weighted by atomic mass is 16.7. The first-order chi connectivity index (χ1) is 19.4. The first-order valence-corrected chi connectivity index (χ1v) is 13.5. The number of carbonyl (C=O) groups is 5. The van der Waals surface area contributed by atoms with Crippen molar-refractivity contribution in [1.29, 1.82) is 0 Å². The molecule has 2 aromatic rings. The molecule has 222 valence electrons. The number of unbranched alkanes of at least 4 members (excludes halogenated alkanes) is 2. The molecule has 1 unspecified atom stereocenters. The zero-order chi connectivity index (χ0) is 30.7. The molecule has 0 radical (unpaired) electrons. The molecular formula is C30H38N2O9. The Kier molecular flexibility index (Phi) is 11.9. The van der Waals surface area contributed by atoms with Gasteiger partial charge in [0, 0.05) is 23.7 Å². The summed E-state index contributed by atoms with van der Waals surface area (Å²) in [4.78, 5) is 61.5. The van der Waals surface area contributed by atoms with Crippen LogP contribution in [0.5, 0.6) is 5.75 Å². The molecule has 0 heterocycles. The highest BCUT2D eigenvalue weighted by Gasteiger charge is 2.57. The quantitative estimate of drug-likeness (QED) is 0.107.